The van der Waals surface area contributed by atoms with Gasteiger partial charge in [0.05, 0.1) is 19.8 Å². The molecule has 38 heavy (non-hydrogen) atoms. The van der Waals surface area contributed by atoms with Gasteiger partial charge >= 0.3 is 0 Å². The highest BCUT2D eigenvalue weighted by molar-refractivity contribution is 6.01. The number of fused-ring (bicyclic) bond motifs is 2. The Kier molecular flexibility index (Phi) is 5.73. The van der Waals surface area contributed by atoms with Crippen LogP contribution in [0.5, 0.6) is 23.0 Å². The summed E-state index contributed by atoms with van der Waals surface area (Å²) in [4.78, 5) is 14.5. The van der Waals surface area contributed by atoms with Crippen LogP contribution in [0.2, 0.25) is 0 Å². The first-order chi connectivity index (χ1) is 18.6. The zero-order valence-corrected chi connectivity index (χ0v) is 20.7. The predicted octanol–water partition coefficient (Wildman–Crippen LogP) is 6.61. The summed E-state index contributed by atoms with van der Waals surface area (Å²) in [5.41, 5.74) is 1.97. The highest BCUT2D eigenvalue weighted by Gasteiger charge is 2.19. The molecule has 6 rings (SSSR count). The highest BCUT2D eigenvalue weighted by Crippen LogP contribution is 2.38. The molecule has 0 radical (unpaired) electrons. The lowest BCUT2D eigenvalue weighted by Gasteiger charge is -2.14. The van der Waals surface area contributed by atoms with Crippen LogP contribution < -0.4 is 9.47 Å². The number of phenolic OH excluding ortho intramolecular Hbond substituents is 2. The van der Waals surface area contributed by atoms with E-state index in [1.165, 1.54) is 12.1 Å². The molecule has 0 saturated heterocycles. The quantitative estimate of drug-likeness (QED) is 0.274. The Bertz CT molecular complexity index is 1730. The van der Waals surface area contributed by atoms with Gasteiger partial charge in [0.1, 0.15) is 23.0 Å². The van der Waals surface area contributed by atoms with Gasteiger partial charge in [0.25, 0.3) is 0 Å². The van der Waals surface area contributed by atoms with Crippen LogP contribution in [0.4, 0.5) is 0 Å². The van der Waals surface area contributed by atoms with Crippen LogP contribution in [0, 0.1) is 0 Å². The van der Waals surface area contributed by atoms with Gasteiger partial charge in [-0.1, -0.05) is 48.5 Å². The van der Waals surface area contributed by atoms with Crippen molar-refractivity contribution in [2.24, 2.45) is 0 Å². The van der Waals surface area contributed by atoms with Gasteiger partial charge in [0.15, 0.2) is 17.5 Å². The van der Waals surface area contributed by atoms with Gasteiger partial charge in [-0.2, -0.15) is 0 Å². The maximum absolute atomic E-state index is 10.7. The van der Waals surface area contributed by atoms with Crippen molar-refractivity contribution in [2.75, 3.05) is 14.2 Å². The summed E-state index contributed by atoms with van der Waals surface area (Å²) in [5, 5.41) is 24.2. The second kappa shape index (κ2) is 9.37. The molecule has 0 bridgehead atoms. The van der Waals surface area contributed by atoms with Crippen LogP contribution in [0.25, 0.3) is 55.7 Å². The molecular formula is C31H23N3O4. The van der Waals surface area contributed by atoms with Crippen molar-refractivity contribution in [3.8, 4) is 57.2 Å². The van der Waals surface area contributed by atoms with E-state index >= 15 is 0 Å². The van der Waals surface area contributed by atoms with Crippen molar-refractivity contribution >= 4 is 21.5 Å². The molecule has 0 unspecified atom stereocenters. The minimum Gasteiger partial charge on any atom is -0.508 e. The lowest BCUT2D eigenvalue weighted by atomic mass is 10.0. The van der Waals surface area contributed by atoms with Gasteiger partial charge in [-0.3, -0.25) is 0 Å². The minimum atomic E-state index is -0.132. The molecule has 7 heteroatoms. The first-order valence-corrected chi connectivity index (χ1v) is 12.0. The van der Waals surface area contributed by atoms with E-state index in [0.717, 1.165) is 44.2 Å². The average molecular weight is 502 g/mol. The van der Waals surface area contributed by atoms with E-state index in [4.69, 9.17) is 24.4 Å². The fraction of sp³-hybridized carbons (Fsp3) is 0.0645. The zero-order chi connectivity index (χ0) is 26.2. The summed E-state index contributed by atoms with van der Waals surface area (Å²) in [6.07, 6.45) is 0. The van der Waals surface area contributed by atoms with E-state index in [1.807, 2.05) is 72.8 Å². The van der Waals surface area contributed by atoms with E-state index in [2.05, 4.69) is 0 Å². The van der Waals surface area contributed by atoms with E-state index in [-0.39, 0.29) is 17.3 Å². The van der Waals surface area contributed by atoms with Gasteiger partial charge in [-0.05, 0) is 47.2 Å². The first-order valence-electron chi connectivity index (χ1n) is 12.0. The third-order valence-electron chi connectivity index (χ3n) is 6.55. The van der Waals surface area contributed by atoms with Crippen molar-refractivity contribution in [3.63, 3.8) is 0 Å². The number of hydrogen-bond donors (Lipinski definition) is 2. The summed E-state index contributed by atoms with van der Waals surface area (Å²) in [6, 6.07) is 27.8. The second-order valence-electron chi connectivity index (χ2n) is 8.73. The Hall–Kier alpha value is -5.17. The predicted molar refractivity (Wildman–Crippen MR) is 148 cm³/mol. The molecule has 186 valence electrons. The standard InChI is InChI=1S/C31H23N3O4/c1-37-27-15-13-23(19-7-3-5-9-21(19)27)29-32-30(34-31(33-29)25-12-11-18(35)17-26(25)36)24-14-16-28(38-2)22-10-6-4-8-20(22)24/h3-17,35-36H,1-2H3. The lowest BCUT2D eigenvalue weighted by molar-refractivity contribution is 0.420. The topological polar surface area (TPSA) is 97.6 Å². The van der Waals surface area contributed by atoms with Crippen molar-refractivity contribution in [2.45, 2.75) is 0 Å². The fourth-order valence-corrected chi connectivity index (χ4v) is 4.74. The number of aromatic hydroxyl groups is 2. The van der Waals surface area contributed by atoms with Crippen molar-refractivity contribution in [1.82, 2.24) is 15.0 Å². The summed E-state index contributed by atoms with van der Waals surface area (Å²) < 4.78 is 11.2. The van der Waals surface area contributed by atoms with Crippen molar-refractivity contribution < 1.29 is 19.7 Å². The molecule has 1 aromatic heterocycles. The summed E-state index contributed by atoms with van der Waals surface area (Å²) in [5.74, 6) is 2.47. The minimum absolute atomic E-state index is 0.0527. The molecule has 7 nitrogen and oxygen atoms in total. The third kappa shape index (κ3) is 3.90. The van der Waals surface area contributed by atoms with Crippen LogP contribution in [-0.2, 0) is 0 Å². The molecule has 1 heterocycles. The Labute approximate surface area is 218 Å². The maximum Gasteiger partial charge on any atom is 0.167 e. The SMILES string of the molecule is COc1ccc(-c2nc(-c3ccc(O)cc3O)nc(-c3ccc(OC)c4ccccc34)n2)c2ccccc12. The third-order valence-corrected chi connectivity index (χ3v) is 6.55. The van der Waals surface area contributed by atoms with E-state index in [9.17, 15) is 10.2 Å². The first kappa shape index (κ1) is 23.2. The molecule has 0 amide bonds. The van der Waals surface area contributed by atoms with E-state index < -0.39 is 0 Å². The molecule has 0 aliphatic carbocycles. The fourth-order valence-electron chi connectivity index (χ4n) is 4.74. The number of methoxy groups -OCH3 is 2. The monoisotopic (exact) mass is 501 g/mol. The zero-order valence-electron chi connectivity index (χ0n) is 20.7. The van der Waals surface area contributed by atoms with Crippen LogP contribution in [-0.4, -0.2) is 39.4 Å². The highest BCUT2D eigenvalue weighted by atomic mass is 16.5. The summed E-state index contributed by atoms with van der Waals surface area (Å²) in [6.45, 7) is 0. The van der Waals surface area contributed by atoms with Crippen molar-refractivity contribution in [3.05, 3.63) is 91.0 Å². The average Bonchev–Trinajstić information content (AvgIpc) is 2.95. The van der Waals surface area contributed by atoms with E-state index in [0.29, 0.717) is 17.2 Å². The molecule has 6 aromatic rings. The smallest absolute Gasteiger partial charge is 0.167 e. The maximum atomic E-state index is 10.7. The molecular weight excluding hydrogens is 478 g/mol. The normalized spacial score (nSPS) is 11.1. The van der Waals surface area contributed by atoms with Crippen LogP contribution in [0.15, 0.2) is 91.0 Å². The second-order valence-corrected chi connectivity index (χ2v) is 8.73. The molecule has 0 saturated carbocycles. The number of ether oxygens (including phenoxy) is 2. The molecule has 5 aromatic carbocycles. The molecule has 2 N–H and O–H groups in total. The largest absolute Gasteiger partial charge is 0.508 e. The Morgan fingerprint density at radius 2 is 0.921 bits per heavy atom. The van der Waals surface area contributed by atoms with Gasteiger partial charge in [0.2, 0.25) is 0 Å². The number of nitrogens with zero attached hydrogens (tertiary/aromatic N) is 3. The van der Waals surface area contributed by atoms with Gasteiger partial charge in [-0.25, -0.2) is 15.0 Å². The molecule has 0 atom stereocenters. The Morgan fingerprint density at radius 1 is 0.500 bits per heavy atom. The Balaban J connectivity index is 1.66. The summed E-state index contributed by atoms with van der Waals surface area (Å²) in [7, 11) is 3.28. The van der Waals surface area contributed by atoms with E-state index in [1.54, 1.807) is 20.3 Å². The van der Waals surface area contributed by atoms with Gasteiger partial charge < -0.3 is 19.7 Å². The van der Waals surface area contributed by atoms with Crippen LogP contribution >= 0.6 is 0 Å². The molecule has 0 fully saturated rings. The number of benzene rings is 5. The number of aromatic nitrogens is 3. The van der Waals surface area contributed by atoms with Crippen LogP contribution in [0.3, 0.4) is 0 Å². The molecule has 0 aliphatic heterocycles. The summed E-state index contributed by atoms with van der Waals surface area (Å²) >= 11 is 0. The number of phenols is 2. The number of rotatable bonds is 5. The van der Waals surface area contributed by atoms with Crippen LogP contribution in [0.1, 0.15) is 0 Å². The number of hydrogen-bond acceptors (Lipinski definition) is 7. The lowest BCUT2D eigenvalue weighted by Crippen LogP contribution is -2.01. The van der Waals surface area contributed by atoms with Gasteiger partial charge in [-0.15, -0.1) is 0 Å². The molecule has 0 aliphatic rings. The Morgan fingerprint density at radius 3 is 1.37 bits per heavy atom. The van der Waals surface area contributed by atoms with Gasteiger partial charge in [0, 0.05) is 28.0 Å². The van der Waals surface area contributed by atoms with Crippen molar-refractivity contribution in [1.29, 1.82) is 0 Å². The molecule has 0 spiro atoms.